The summed E-state index contributed by atoms with van der Waals surface area (Å²) in [6, 6.07) is 1.39. The molecule has 2 fully saturated rings. The first-order chi connectivity index (χ1) is 10.1. The van der Waals surface area contributed by atoms with E-state index >= 15 is 0 Å². The van der Waals surface area contributed by atoms with Crippen molar-refractivity contribution in [1.29, 1.82) is 5.26 Å². The summed E-state index contributed by atoms with van der Waals surface area (Å²) in [5.41, 5.74) is 5.89. The van der Waals surface area contributed by atoms with Crippen LogP contribution in [-0.2, 0) is 9.59 Å². The van der Waals surface area contributed by atoms with Gasteiger partial charge in [0, 0.05) is 19.0 Å². The van der Waals surface area contributed by atoms with E-state index in [1.165, 1.54) is 12.8 Å². The number of amides is 2. The van der Waals surface area contributed by atoms with Crippen LogP contribution in [0.2, 0.25) is 0 Å². The van der Waals surface area contributed by atoms with Crippen molar-refractivity contribution in [2.45, 2.75) is 69.5 Å². The van der Waals surface area contributed by atoms with Crippen molar-refractivity contribution >= 4 is 11.8 Å². The van der Waals surface area contributed by atoms with E-state index in [1.54, 1.807) is 4.90 Å². The molecule has 2 atom stereocenters. The topological polar surface area (TPSA) is 99.2 Å². The van der Waals surface area contributed by atoms with Gasteiger partial charge in [0.15, 0.2) is 0 Å². The SMILES string of the molecule is N#C[C@@H]1CCCN1C(=O)[C@@H](N)CCC(=O)NC1CCCC1. The van der Waals surface area contributed by atoms with Crippen LogP contribution in [0, 0.1) is 11.3 Å². The molecule has 0 bridgehead atoms. The number of nitriles is 1. The molecule has 0 unspecified atom stereocenters. The van der Waals surface area contributed by atoms with Crippen molar-refractivity contribution in [3.05, 3.63) is 0 Å². The highest BCUT2D eigenvalue weighted by molar-refractivity contribution is 5.83. The van der Waals surface area contributed by atoms with E-state index in [0.717, 1.165) is 25.7 Å². The van der Waals surface area contributed by atoms with Gasteiger partial charge in [0.25, 0.3) is 0 Å². The average molecular weight is 292 g/mol. The highest BCUT2D eigenvalue weighted by atomic mass is 16.2. The Morgan fingerprint density at radius 3 is 2.67 bits per heavy atom. The molecule has 3 N–H and O–H groups in total. The van der Waals surface area contributed by atoms with Crippen LogP contribution in [-0.4, -0.2) is 41.4 Å². The quantitative estimate of drug-likeness (QED) is 0.777. The van der Waals surface area contributed by atoms with E-state index in [4.69, 9.17) is 11.0 Å². The lowest BCUT2D eigenvalue weighted by Gasteiger charge is -2.23. The molecule has 21 heavy (non-hydrogen) atoms. The summed E-state index contributed by atoms with van der Waals surface area (Å²) in [7, 11) is 0. The number of rotatable bonds is 5. The molecule has 2 rings (SSSR count). The number of nitrogens with one attached hydrogen (secondary N) is 1. The number of hydrogen-bond acceptors (Lipinski definition) is 4. The second-order valence-corrected chi connectivity index (χ2v) is 6.01. The Kier molecular flexibility index (Phi) is 5.57. The van der Waals surface area contributed by atoms with Crippen molar-refractivity contribution in [3.63, 3.8) is 0 Å². The molecule has 2 amide bonds. The highest BCUT2D eigenvalue weighted by Gasteiger charge is 2.31. The lowest BCUT2D eigenvalue weighted by atomic mass is 10.1. The van der Waals surface area contributed by atoms with Gasteiger partial charge in [-0.3, -0.25) is 9.59 Å². The van der Waals surface area contributed by atoms with Gasteiger partial charge in [-0.05, 0) is 32.1 Å². The van der Waals surface area contributed by atoms with E-state index in [2.05, 4.69) is 11.4 Å². The number of carbonyl (C=O) groups is 2. The van der Waals surface area contributed by atoms with Crippen molar-refractivity contribution in [3.8, 4) is 6.07 Å². The maximum atomic E-state index is 12.2. The van der Waals surface area contributed by atoms with Gasteiger partial charge in [-0.15, -0.1) is 0 Å². The fourth-order valence-electron chi connectivity index (χ4n) is 3.16. The molecule has 0 aromatic rings. The van der Waals surface area contributed by atoms with E-state index in [0.29, 0.717) is 19.0 Å². The molecular weight excluding hydrogens is 268 g/mol. The first-order valence-electron chi connectivity index (χ1n) is 7.87. The summed E-state index contributed by atoms with van der Waals surface area (Å²) < 4.78 is 0. The predicted octanol–water partition coefficient (Wildman–Crippen LogP) is 0.667. The van der Waals surface area contributed by atoms with Gasteiger partial charge in [-0.25, -0.2) is 0 Å². The monoisotopic (exact) mass is 292 g/mol. The van der Waals surface area contributed by atoms with Gasteiger partial charge < -0.3 is 16.0 Å². The zero-order chi connectivity index (χ0) is 15.2. The summed E-state index contributed by atoms with van der Waals surface area (Å²) in [6.07, 6.45) is 6.63. The smallest absolute Gasteiger partial charge is 0.240 e. The molecular formula is C15H24N4O2. The third-order valence-electron chi connectivity index (χ3n) is 4.40. The summed E-state index contributed by atoms with van der Waals surface area (Å²) in [5, 5.41) is 12.0. The van der Waals surface area contributed by atoms with Crippen LogP contribution in [0.5, 0.6) is 0 Å². The highest BCUT2D eigenvalue weighted by Crippen LogP contribution is 2.19. The average Bonchev–Trinajstić information content (AvgIpc) is 3.14. The van der Waals surface area contributed by atoms with Gasteiger partial charge in [0.1, 0.15) is 6.04 Å². The minimum absolute atomic E-state index is 0.0246. The molecule has 0 radical (unpaired) electrons. The lowest BCUT2D eigenvalue weighted by Crippen LogP contribution is -2.46. The van der Waals surface area contributed by atoms with Gasteiger partial charge >= 0.3 is 0 Å². The second kappa shape index (κ2) is 7.41. The van der Waals surface area contributed by atoms with Crippen LogP contribution in [0.3, 0.4) is 0 Å². The van der Waals surface area contributed by atoms with Crippen molar-refractivity contribution < 1.29 is 9.59 Å². The number of carbonyl (C=O) groups excluding carboxylic acids is 2. The van der Waals surface area contributed by atoms with Crippen molar-refractivity contribution in [2.24, 2.45) is 5.73 Å². The number of nitrogens with zero attached hydrogens (tertiary/aromatic N) is 2. The standard InChI is InChI=1S/C15H24N4O2/c16-10-12-6-3-9-19(12)15(21)13(17)7-8-14(20)18-11-4-1-2-5-11/h11-13H,1-9,17H2,(H,18,20)/t12-,13-/m0/s1. The van der Waals surface area contributed by atoms with Gasteiger partial charge in [-0.1, -0.05) is 12.8 Å². The van der Waals surface area contributed by atoms with E-state index in [-0.39, 0.29) is 24.3 Å². The van der Waals surface area contributed by atoms with Crippen LogP contribution in [0.4, 0.5) is 0 Å². The molecule has 1 saturated heterocycles. The number of hydrogen-bond donors (Lipinski definition) is 2. The molecule has 1 aliphatic heterocycles. The molecule has 1 aliphatic carbocycles. The van der Waals surface area contributed by atoms with Gasteiger partial charge in [0.2, 0.25) is 11.8 Å². The van der Waals surface area contributed by atoms with Crippen LogP contribution >= 0.6 is 0 Å². The van der Waals surface area contributed by atoms with E-state index < -0.39 is 6.04 Å². The summed E-state index contributed by atoms with van der Waals surface area (Å²) in [6.45, 7) is 0.596. The Bertz CT molecular complexity index is 426. The molecule has 1 heterocycles. The normalized spacial score (nSPS) is 23.8. The molecule has 116 valence electrons. The molecule has 0 spiro atoms. The predicted molar refractivity (Wildman–Crippen MR) is 78.0 cm³/mol. The minimum atomic E-state index is -0.687. The minimum Gasteiger partial charge on any atom is -0.353 e. The Labute approximate surface area is 125 Å². The zero-order valence-corrected chi connectivity index (χ0v) is 12.4. The largest absolute Gasteiger partial charge is 0.353 e. The summed E-state index contributed by atoms with van der Waals surface area (Å²) in [4.78, 5) is 25.6. The van der Waals surface area contributed by atoms with Crippen LogP contribution in [0.15, 0.2) is 0 Å². The molecule has 1 saturated carbocycles. The maximum Gasteiger partial charge on any atom is 0.240 e. The van der Waals surface area contributed by atoms with E-state index in [1.807, 2.05) is 0 Å². The fraction of sp³-hybridized carbons (Fsp3) is 0.800. The second-order valence-electron chi connectivity index (χ2n) is 6.01. The van der Waals surface area contributed by atoms with E-state index in [9.17, 15) is 9.59 Å². The molecule has 2 aliphatic rings. The van der Waals surface area contributed by atoms with Crippen LogP contribution in [0.1, 0.15) is 51.4 Å². The Balaban J connectivity index is 1.73. The fourth-order valence-corrected chi connectivity index (χ4v) is 3.16. The van der Waals surface area contributed by atoms with Gasteiger partial charge in [0.05, 0.1) is 12.1 Å². The molecule has 0 aromatic carbocycles. The summed E-state index contributed by atoms with van der Waals surface area (Å²) in [5.74, 6) is -0.226. The van der Waals surface area contributed by atoms with Crippen LogP contribution in [0.25, 0.3) is 0 Å². The van der Waals surface area contributed by atoms with Crippen molar-refractivity contribution in [2.75, 3.05) is 6.54 Å². The first-order valence-corrected chi connectivity index (χ1v) is 7.87. The van der Waals surface area contributed by atoms with Gasteiger partial charge in [-0.2, -0.15) is 5.26 Å². The zero-order valence-electron chi connectivity index (χ0n) is 12.4. The Hall–Kier alpha value is -1.61. The third-order valence-corrected chi connectivity index (χ3v) is 4.40. The Morgan fingerprint density at radius 1 is 1.29 bits per heavy atom. The molecule has 6 heteroatoms. The maximum absolute atomic E-state index is 12.2. The number of nitrogens with two attached hydrogens (primary N) is 1. The van der Waals surface area contributed by atoms with Crippen LogP contribution < -0.4 is 11.1 Å². The molecule has 6 nitrogen and oxygen atoms in total. The third kappa shape index (κ3) is 4.18. The first kappa shape index (κ1) is 15.8. The molecule has 0 aromatic heterocycles. The summed E-state index contributed by atoms with van der Waals surface area (Å²) >= 11 is 0. The van der Waals surface area contributed by atoms with Crippen molar-refractivity contribution in [1.82, 2.24) is 10.2 Å². The number of likely N-dealkylation sites (tertiary alicyclic amines) is 1. The lowest BCUT2D eigenvalue weighted by molar-refractivity contribution is -0.132. The Morgan fingerprint density at radius 2 is 2.00 bits per heavy atom.